The highest BCUT2D eigenvalue weighted by Gasteiger charge is 2.56. The Hall–Kier alpha value is -7.42. The molecular weight excluding hydrogens is 775 g/mol. The summed E-state index contributed by atoms with van der Waals surface area (Å²) in [5.74, 6) is 1.79. The number of nitrogens with zero attached hydrogens (tertiary/aromatic N) is 1. The van der Waals surface area contributed by atoms with Gasteiger partial charge in [0.15, 0.2) is 0 Å². The van der Waals surface area contributed by atoms with Crippen LogP contribution in [0.2, 0.25) is 0 Å². The molecule has 4 aliphatic rings. The predicted molar refractivity (Wildman–Crippen MR) is 260 cm³/mol. The molecule has 2 nitrogen and oxygen atoms in total. The topological polar surface area (TPSA) is 12.5 Å². The second-order valence-corrected chi connectivity index (χ2v) is 19.0. The molecule has 0 aromatic heterocycles. The van der Waals surface area contributed by atoms with Gasteiger partial charge in [-0.05, 0) is 104 Å². The van der Waals surface area contributed by atoms with Crippen molar-refractivity contribution in [3.8, 4) is 11.5 Å². The van der Waals surface area contributed by atoms with Gasteiger partial charge in [0.05, 0.1) is 22.2 Å². The Morgan fingerprint density at radius 2 is 0.734 bits per heavy atom. The monoisotopic (exact) mass is 821 g/mol. The van der Waals surface area contributed by atoms with Crippen LogP contribution in [0.3, 0.4) is 0 Å². The van der Waals surface area contributed by atoms with Gasteiger partial charge in [0.1, 0.15) is 11.5 Å². The number of rotatable bonds is 3. The van der Waals surface area contributed by atoms with Gasteiger partial charge in [-0.2, -0.15) is 0 Å². The predicted octanol–water partition coefficient (Wildman–Crippen LogP) is 14.8. The Balaban J connectivity index is 1.08. The van der Waals surface area contributed by atoms with Crippen molar-refractivity contribution >= 4 is 17.1 Å². The van der Waals surface area contributed by atoms with Gasteiger partial charge in [0, 0.05) is 27.6 Å². The van der Waals surface area contributed by atoms with Crippen LogP contribution < -0.4 is 9.64 Å². The lowest BCUT2D eigenvalue weighted by atomic mass is 9.48. The van der Waals surface area contributed by atoms with Crippen molar-refractivity contribution in [3.05, 3.63) is 291 Å². The third-order valence-electron chi connectivity index (χ3n) is 15.5. The van der Waals surface area contributed by atoms with E-state index in [9.17, 15) is 0 Å². The van der Waals surface area contributed by atoms with E-state index in [0.717, 1.165) is 34.7 Å². The van der Waals surface area contributed by atoms with Gasteiger partial charge in [0.2, 0.25) is 0 Å². The minimum atomic E-state index is -0.645. The lowest BCUT2D eigenvalue weighted by Crippen LogP contribution is -2.48. The maximum Gasteiger partial charge on any atom is 0.132 e. The summed E-state index contributed by atoms with van der Waals surface area (Å²) < 4.78 is 6.80. The van der Waals surface area contributed by atoms with Crippen molar-refractivity contribution in [1.82, 2.24) is 0 Å². The van der Waals surface area contributed by atoms with Crippen molar-refractivity contribution in [2.75, 3.05) is 4.90 Å². The fourth-order valence-electron chi connectivity index (χ4n) is 12.9. The molecule has 2 aliphatic carbocycles. The average molecular weight is 822 g/mol. The number of fused-ring (bicyclic) bond motifs is 16. The fraction of sp³-hybridized carbons (Fsp3) is 0.129. The molecular formula is C62H47NO. The first-order valence-electron chi connectivity index (χ1n) is 22.7. The van der Waals surface area contributed by atoms with Crippen molar-refractivity contribution < 1.29 is 4.74 Å². The summed E-state index contributed by atoms with van der Waals surface area (Å²) in [6, 6.07) is 81.9. The van der Waals surface area contributed by atoms with E-state index in [1.165, 1.54) is 72.6 Å². The molecule has 0 radical (unpaired) electrons. The second-order valence-electron chi connectivity index (χ2n) is 19.0. The van der Waals surface area contributed by atoms with Crippen LogP contribution in [-0.4, -0.2) is 0 Å². The van der Waals surface area contributed by atoms with Crippen LogP contribution in [0.1, 0.15) is 93.1 Å². The third-order valence-corrected chi connectivity index (χ3v) is 15.5. The minimum Gasteiger partial charge on any atom is -0.457 e. The van der Waals surface area contributed by atoms with Gasteiger partial charge in [0.25, 0.3) is 0 Å². The summed E-state index contributed by atoms with van der Waals surface area (Å²) in [5.41, 5.74) is 19.0. The number of para-hydroxylation sites is 4. The zero-order chi connectivity index (χ0) is 42.8. The summed E-state index contributed by atoms with van der Waals surface area (Å²) in [5, 5.41) is 0. The molecule has 2 aliphatic heterocycles. The third kappa shape index (κ3) is 4.65. The molecule has 2 heteroatoms. The quantitative estimate of drug-likeness (QED) is 0.176. The summed E-state index contributed by atoms with van der Waals surface area (Å²) in [7, 11) is 0. The van der Waals surface area contributed by atoms with Crippen LogP contribution >= 0.6 is 0 Å². The van der Waals surface area contributed by atoms with Crippen molar-refractivity contribution in [3.63, 3.8) is 0 Å². The molecule has 0 unspecified atom stereocenters. The van der Waals surface area contributed by atoms with Gasteiger partial charge in [-0.3, -0.25) is 0 Å². The van der Waals surface area contributed by atoms with E-state index in [2.05, 4.69) is 244 Å². The Morgan fingerprint density at radius 1 is 0.344 bits per heavy atom. The summed E-state index contributed by atoms with van der Waals surface area (Å²) >= 11 is 0. The van der Waals surface area contributed by atoms with Crippen LogP contribution in [0, 0.1) is 0 Å². The molecule has 2 heterocycles. The van der Waals surface area contributed by atoms with Gasteiger partial charge in [-0.1, -0.05) is 203 Å². The number of benzene rings is 9. The Morgan fingerprint density at radius 3 is 1.28 bits per heavy atom. The summed E-state index contributed by atoms with van der Waals surface area (Å²) in [6.45, 7) is 7.30. The lowest BCUT2D eigenvalue weighted by molar-refractivity contribution is 0.433. The average Bonchev–Trinajstić information content (AvgIpc) is 3.35. The van der Waals surface area contributed by atoms with Crippen molar-refractivity contribution in [2.45, 2.75) is 48.9 Å². The second kappa shape index (κ2) is 13.3. The number of ether oxygens (including phenoxy) is 1. The lowest BCUT2D eigenvalue weighted by Gasteiger charge is -2.54. The van der Waals surface area contributed by atoms with Gasteiger partial charge in [-0.25, -0.2) is 0 Å². The number of hydrogen-bond donors (Lipinski definition) is 0. The van der Waals surface area contributed by atoms with Gasteiger partial charge in [-0.15, -0.1) is 0 Å². The highest BCUT2D eigenvalue weighted by atomic mass is 16.5. The highest BCUT2D eigenvalue weighted by molar-refractivity contribution is 5.91. The zero-order valence-electron chi connectivity index (χ0n) is 36.3. The molecule has 9 aromatic rings. The molecule has 0 saturated heterocycles. The van der Waals surface area contributed by atoms with E-state index < -0.39 is 10.8 Å². The summed E-state index contributed by atoms with van der Waals surface area (Å²) in [6.07, 6.45) is 0.808. The van der Waals surface area contributed by atoms with E-state index in [1.54, 1.807) is 0 Å². The molecule has 0 amide bonds. The molecule has 306 valence electrons. The molecule has 0 N–H and O–H groups in total. The van der Waals surface area contributed by atoms with E-state index in [1.807, 2.05) is 0 Å². The first kappa shape index (κ1) is 37.2. The number of hydrogen-bond acceptors (Lipinski definition) is 2. The maximum atomic E-state index is 6.80. The minimum absolute atomic E-state index is 0.157. The van der Waals surface area contributed by atoms with E-state index in [4.69, 9.17) is 4.74 Å². The van der Waals surface area contributed by atoms with Gasteiger partial charge < -0.3 is 9.64 Å². The standard InChI is InChI=1S/C62H47NO/c1-59(2)43-23-7-11-27-47(43)61(48-28-12-8-24-44(48)59)49-29-13-9-25-45(49)60(3,46-26-10-14-30-50(46)61)40-41-37-38-56-54(39-41)62(51-31-15-18-34-55(51)63(56)42-21-5-4-6-22-42)52-32-16-19-35-57(52)64-58-36-20-17-33-53(58)62/h4-39H,40H2,1-3H3. The zero-order valence-corrected chi connectivity index (χ0v) is 36.3. The van der Waals surface area contributed by atoms with E-state index in [-0.39, 0.29) is 10.8 Å². The largest absolute Gasteiger partial charge is 0.457 e. The Kier molecular flexibility index (Phi) is 7.72. The Labute approximate surface area is 376 Å². The van der Waals surface area contributed by atoms with E-state index in [0.29, 0.717) is 0 Å². The van der Waals surface area contributed by atoms with Crippen LogP contribution in [0.15, 0.2) is 218 Å². The van der Waals surface area contributed by atoms with Crippen LogP contribution in [0.5, 0.6) is 11.5 Å². The molecule has 0 fully saturated rings. The summed E-state index contributed by atoms with van der Waals surface area (Å²) in [4.78, 5) is 2.47. The molecule has 0 atom stereocenters. The van der Waals surface area contributed by atoms with Crippen LogP contribution in [0.4, 0.5) is 17.1 Å². The highest BCUT2D eigenvalue weighted by Crippen LogP contribution is 2.65. The Bertz CT molecular complexity index is 3210. The first-order chi connectivity index (χ1) is 31.4. The normalized spacial score (nSPS) is 16.7. The molecule has 13 rings (SSSR count). The van der Waals surface area contributed by atoms with Crippen LogP contribution in [-0.2, 0) is 28.1 Å². The maximum absolute atomic E-state index is 6.80. The fourth-order valence-corrected chi connectivity index (χ4v) is 12.9. The molecule has 64 heavy (non-hydrogen) atoms. The first-order valence-corrected chi connectivity index (χ1v) is 22.7. The van der Waals surface area contributed by atoms with Crippen molar-refractivity contribution in [1.29, 1.82) is 0 Å². The number of anilines is 3. The van der Waals surface area contributed by atoms with Gasteiger partial charge >= 0.3 is 0 Å². The SMILES string of the molecule is CC1(C)c2ccccc2C2(c3ccccc31)c1ccccc1C(C)(Cc1ccc3c(c1)C1(c4ccccc4Oc4ccccc41)c1ccccc1N3c1ccccc1)c1ccccc12. The van der Waals surface area contributed by atoms with Crippen molar-refractivity contribution in [2.24, 2.45) is 0 Å². The smallest absolute Gasteiger partial charge is 0.132 e. The van der Waals surface area contributed by atoms with E-state index >= 15 is 0 Å². The molecule has 9 aromatic carbocycles. The molecule has 0 bridgehead atoms. The molecule has 0 saturated carbocycles. The van der Waals surface area contributed by atoms with Crippen LogP contribution in [0.25, 0.3) is 0 Å². The molecule has 2 spiro atoms.